The number of nitrogens with two attached hydrogens (primary N) is 1. The fraction of sp³-hybridized carbons (Fsp3) is 0.500. The van der Waals surface area contributed by atoms with Gasteiger partial charge in [-0.25, -0.2) is 4.79 Å². The molecule has 0 aliphatic carbocycles. The Bertz CT molecular complexity index is 630. The molecule has 126 valence electrons. The van der Waals surface area contributed by atoms with Crippen molar-refractivity contribution in [3.8, 4) is 5.75 Å². The number of hydrogen-bond donors (Lipinski definition) is 1. The lowest BCUT2D eigenvalue weighted by Gasteiger charge is -2.30. The van der Waals surface area contributed by atoms with Gasteiger partial charge in [-0.05, 0) is 51.3 Å². The van der Waals surface area contributed by atoms with Gasteiger partial charge in [0.1, 0.15) is 11.4 Å². The molecule has 1 aliphatic heterocycles. The zero-order valence-electron chi connectivity index (χ0n) is 14.6. The first-order valence-corrected chi connectivity index (χ1v) is 7.82. The van der Waals surface area contributed by atoms with Crippen molar-refractivity contribution in [2.75, 3.05) is 25.9 Å². The fourth-order valence-electron chi connectivity index (χ4n) is 2.53. The summed E-state index contributed by atoms with van der Waals surface area (Å²) in [5, 5.41) is 0. The molecule has 23 heavy (non-hydrogen) atoms. The van der Waals surface area contributed by atoms with E-state index in [0.717, 1.165) is 29.0 Å². The quantitative estimate of drug-likeness (QED) is 0.846. The first kappa shape index (κ1) is 17.2. The summed E-state index contributed by atoms with van der Waals surface area (Å²) in [6, 6.07) is 3.90. The molecule has 0 spiro atoms. The van der Waals surface area contributed by atoms with Gasteiger partial charge in [-0.3, -0.25) is 0 Å². The minimum Gasteiger partial charge on any atom is -0.496 e. The second-order valence-electron chi connectivity index (χ2n) is 6.81. The normalized spacial score (nSPS) is 15.2. The molecule has 0 aromatic heterocycles. The number of methoxy groups -OCH3 is 1. The van der Waals surface area contributed by atoms with Gasteiger partial charge in [0, 0.05) is 30.4 Å². The van der Waals surface area contributed by atoms with Gasteiger partial charge in [0.25, 0.3) is 0 Å². The Kier molecular flexibility index (Phi) is 4.88. The summed E-state index contributed by atoms with van der Waals surface area (Å²) in [6.45, 7) is 8.77. The molecule has 0 atom stereocenters. The minimum atomic E-state index is -0.474. The molecule has 2 rings (SSSR count). The predicted molar refractivity (Wildman–Crippen MR) is 92.5 cm³/mol. The molecular formula is C18H26N2O3. The highest BCUT2D eigenvalue weighted by Gasteiger charge is 2.24. The lowest BCUT2D eigenvalue weighted by molar-refractivity contribution is 0.0270. The number of nitrogens with zero attached hydrogens (tertiary/aromatic N) is 1. The highest BCUT2D eigenvalue weighted by molar-refractivity contribution is 5.77. The van der Waals surface area contributed by atoms with E-state index in [1.54, 1.807) is 12.0 Å². The van der Waals surface area contributed by atoms with E-state index in [2.05, 4.69) is 6.08 Å². The van der Waals surface area contributed by atoms with Crippen molar-refractivity contribution < 1.29 is 14.3 Å². The first-order valence-electron chi connectivity index (χ1n) is 7.82. The number of hydrogen-bond acceptors (Lipinski definition) is 4. The number of carbonyl (C=O) groups excluding carboxylic acids is 1. The number of nitrogen functional groups attached to an aromatic ring is 1. The molecule has 0 saturated carbocycles. The van der Waals surface area contributed by atoms with Crippen LogP contribution in [0.25, 0.3) is 5.57 Å². The van der Waals surface area contributed by atoms with E-state index in [1.807, 2.05) is 39.8 Å². The Morgan fingerprint density at radius 3 is 2.52 bits per heavy atom. The van der Waals surface area contributed by atoms with Crippen LogP contribution in [0.1, 0.15) is 38.3 Å². The molecule has 1 aliphatic rings. The van der Waals surface area contributed by atoms with E-state index in [9.17, 15) is 4.79 Å². The average Bonchev–Trinajstić information content (AvgIpc) is 2.48. The zero-order chi connectivity index (χ0) is 17.2. The van der Waals surface area contributed by atoms with Gasteiger partial charge in [-0.2, -0.15) is 0 Å². The second-order valence-corrected chi connectivity index (χ2v) is 6.81. The smallest absolute Gasteiger partial charge is 0.410 e. The molecule has 0 bridgehead atoms. The topological polar surface area (TPSA) is 64.8 Å². The fourth-order valence-corrected chi connectivity index (χ4v) is 2.53. The third-order valence-electron chi connectivity index (χ3n) is 3.79. The summed E-state index contributed by atoms with van der Waals surface area (Å²) in [7, 11) is 1.64. The average molecular weight is 318 g/mol. The Morgan fingerprint density at radius 2 is 2.00 bits per heavy atom. The minimum absolute atomic E-state index is 0.270. The molecule has 0 unspecified atom stereocenters. The Labute approximate surface area is 138 Å². The van der Waals surface area contributed by atoms with Crippen molar-refractivity contribution in [1.29, 1.82) is 0 Å². The van der Waals surface area contributed by atoms with Gasteiger partial charge >= 0.3 is 6.09 Å². The van der Waals surface area contributed by atoms with Crippen LogP contribution >= 0.6 is 0 Å². The number of amides is 1. The maximum Gasteiger partial charge on any atom is 0.410 e. The second kappa shape index (κ2) is 6.52. The van der Waals surface area contributed by atoms with Crippen LogP contribution in [-0.2, 0) is 4.74 Å². The Balaban J connectivity index is 2.16. The van der Waals surface area contributed by atoms with Gasteiger partial charge in [0.05, 0.1) is 7.11 Å². The molecule has 1 aromatic rings. The maximum absolute atomic E-state index is 12.1. The van der Waals surface area contributed by atoms with Crippen LogP contribution in [0, 0.1) is 6.92 Å². The van der Waals surface area contributed by atoms with Crippen molar-refractivity contribution in [3.63, 3.8) is 0 Å². The molecule has 0 fully saturated rings. The van der Waals surface area contributed by atoms with Gasteiger partial charge in [0.15, 0.2) is 0 Å². The number of ether oxygens (including phenoxy) is 2. The molecule has 5 nitrogen and oxygen atoms in total. The molecule has 2 N–H and O–H groups in total. The van der Waals surface area contributed by atoms with Gasteiger partial charge in [-0.1, -0.05) is 6.08 Å². The van der Waals surface area contributed by atoms with Crippen molar-refractivity contribution in [3.05, 3.63) is 29.3 Å². The highest BCUT2D eigenvalue weighted by Crippen LogP contribution is 2.33. The predicted octanol–water partition coefficient (Wildman–Crippen LogP) is 3.61. The summed E-state index contributed by atoms with van der Waals surface area (Å²) in [6.07, 6.45) is 2.55. The molecule has 1 amide bonds. The number of anilines is 1. The van der Waals surface area contributed by atoms with Crippen LogP contribution in [0.3, 0.4) is 0 Å². The standard InChI is InChI=1S/C18H26N2O3/c1-12-10-14(16(22-5)11-15(12)19)13-6-8-20(9-7-13)17(21)23-18(2,3)4/h6,10-11H,7-9,19H2,1-5H3. The summed E-state index contributed by atoms with van der Waals surface area (Å²) in [5.41, 5.74) is 9.43. The van der Waals surface area contributed by atoms with Crippen LogP contribution in [0.5, 0.6) is 5.75 Å². The van der Waals surface area contributed by atoms with Crippen molar-refractivity contribution in [2.24, 2.45) is 0 Å². The van der Waals surface area contributed by atoms with E-state index in [4.69, 9.17) is 15.2 Å². The molecule has 0 radical (unpaired) electrons. The van der Waals surface area contributed by atoms with E-state index >= 15 is 0 Å². The SMILES string of the molecule is COc1cc(N)c(C)cc1C1=CCN(C(=O)OC(C)(C)C)CC1. The van der Waals surface area contributed by atoms with Gasteiger partial charge in [-0.15, -0.1) is 0 Å². The van der Waals surface area contributed by atoms with Crippen LogP contribution in [0.15, 0.2) is 18.2 Å². The monoisotopic (exact) mass is 318 g/mol. The molecular weight excluding hydrogens is 292 g/mol. The van der Waals surface area contributed by atoms with E-state index < -0.39 is 5.60 Å². The van der Waals surface area contributed by atoms with E-state index in [0.29, 0.717) is 13.1 Å². The Morgan fingerprint density at radius 1 is 1.30 bits per heavy atom. The number of aryl methyl sites for hydroxylation is 1. The summed E-state index contributed by atoms with van der Waals surface area (Å²) in [4.78, 5) is 13.8. The van der Waals surface area contributed by atoms with Crippen molar-refractivity contribution >= 4 is 17.4 Å². The maximum atomic E-state index is 12.1. The third-order valence-corrected chi connectivity index (χ3v) is 3.79. The summed E-state index contributed by atoms with van der Waals surface area (Å²) >= 11 is 0. The van der Waals surface area contributed by atoms with Crippen molar-refractivity contribution in [2.45, 2.75) is 39.7 Å². The molecule has 1 heterocycles. The summed E-state index contributed by atoms with van der Waals surface area (Å²) < 4.78 is 10.9. The largest absolute Gasteiger partial charge is 0.496 e. The van der Waals surface area contributed by atoms with Crippen LogP contribution in [0.4, 0.5) is 10.5 Å². The highest BCUT2D eigenvalue weighted by atomic mass is 16.6. The van der Waals surface area contributed by atoms with E-state index in [1.165, 1.54) is 5.57 Å². The summed E-state index contributed by atoms with van der Waals surface area (Å²) in [5.74, 6) is 0.769. The first-order chi connectivity index (χ1) is 10.7. The molecule has 5 heteroatoms. The lowest BCUT2D eigenvalue weighted by atomic mass is 9.96. The number of rotatable bonds is 2. The molecule has 0 saturated heterocycles. The van der Waals surface area contributed by atoms with Crippen LogP contribution in [-0.4, -0.2) is 36.8 Å². The number of benzene rings is 1. The number of carbonyl (C=O) groups is 1. The third kappa shape index (κ3) is 4.18. The van der Waals surface area contributed by atoms with Crippen molar-refractivity contribution in [1.82, 2.24) is 4.90 Å². The lowest BCUT2D eigenvalue weighted by Crippen LogP contribution is -2.39. The Hall–Kier alpha value is -2.17. The van der Waals surface area contributed by atoms with Crippen LogP contribution < -0.4 is 10.5 Å². The zero-order valence-corrected chi connectivity index (χ0v) is 14.6. The van der Waals surface area contributed by atoms with E-state index in [-0.39, 0.29) is 6.09 Å². The van der Waals surface area contributed by atoms with Crippen LogP contribution in [0.2, 0.25) is 0 Å². The van der Waals surface area contributed by atoms with Gasteiger partial charge in [0.2, 0.25) is 0 Å². The molecule has 1 aromatic carbocycles. The van der Waals surface area contributed by atoms with Gasteiger partial charge < -0.3 is 20.1 Å².